The molecular formula is C24H32N2O3. The molecule has 5 heteroatoms. The minimum atomic E-state index is -0.506. The first-order chi connectivity index (χ1) is 14.0. The van der Waals surface area contributed by atoms with Gasteiger partial charge in [0.25, 0.3) is 5.91 Å². The summed E-state index contributed by atoms with van der Waals surface area (Å²) in [7, 11) is 0. The van der Waals surface area contributed by atoms with Crippen molar-refractivity contribution in [3.63, 3.8) is 0 Å². The number of ether oxygens (including phenoxy) is 1. The molecule has 156 valence electrons. The maximum absolute atomic E-state index is 13.1. The van der Waals surface area contributed by atoms with Crippen LogP contribution in [0.3, 0.4) is 0 Å². The molecule has 0 saturated carbocycles. The fourth-order valence-electron chi connectivity index (χ4n) is 3.27. The van der Waals surface area contributed by atoms with Gasteiger partial charge in [-0.25, -0.2) is 0 Å². The van der Waals surface area contributed by atoms with Crippen LogP contribution in [0.5, 0.6) is 5.75 Å². The zero-order valence-corrected chi connectivity index (χ0v) is 17.9. The summed E-state index contributed by atoms with van der Waals surface area (Å²) in [6, 6.07) is 15.4. The van der Waals surface area contributed by atoms with Crippen molar-refractivity contribution in [1.29, 1.82) is 0 Å². The molecule has 2 rings (SSSR count). The Bertz CT molecular complexity index is 805. The van der Waals surface area contributed by atoms with Crippen molar-refractivity contribution in [3.8, 4) is 5.75 Å². The van der Waals surface area contributed by atoms with Crippen molar-refractivity contribution in [1.82, 2.24) is 10.2 Å². The minimum Gasteiger partial charge on any atom is -0.483 e. The van der Waals surface area contributed by atoms with E-state index in [9.17, 15) is 9.59 Å². The van der Waals surface area contributed by atoms with Crippen LogP contribution in [0.2, 0.25) is 0 Å². The average molecular weight is 397 g/mol. The average Bonchev–Trinajstić information content (AvgIpc) is 2.72. The Hall–Kier alpha value is -2.82. The van der Waals surface area contributed by atoms with Gasteiger partial charge in [-0.2, -0.15) is 0 Å². The number of likely N-dealkylation sites (N-methyl/N-ethyl adjacent to an activating group) is 1. The third kappa shape index (κ3) is 6.63. The first-order valence-corrected chi connectivity index (χ1v) is 10.3. The van der Waals surface area contributed by atoms with E-state index in [1.165, 1.54) is 0 Å². The number of benzene rings is 2. The Kier molecular flexibility index (Phi) is 8.71. The van der Waals surface area contributed by atoms with Gasteiger partial charge in [-0.05, 0) is 56.4 Å². The molecule has 0 unspecified atom stereocenters. The highest BCUT2D eigenvalue weighted by molar-refractivity contribution is 5.88. The Morgan fingerprint density at radius 2 is 1.79 bits per heavy atom. The number of aryl methyl sites for hydroxylation is 2. The summed E-state index contributed by atoms with van der Waals surface area (Å²) in [6.45, 7) is 8.66. The molecule has 0 aliphatic rings. The lowest BCUT2D eigenvalue weighted by Gasteiger charge is -2.30. The highest BCUT2D eigenvalue weighted by atomic mass is 16.5. The molecule has 0 radical (unpaired) electrons. The lowest BCUT2D eigenvalue weighted by atomic mass is 10.1. The molecule has 0 bridgehead atoms. The highest BCUT2D eigenvalue weighted by Gasteiger charge is 2.28. The second kappa shape index (κ2) is 11.2. The van der Waals surface area contributed by atoms with E-state index in [-0.39, 0.29) is 18.4 Å². The standard InChI is InChI=1S/C24H32N2O3/c1-5-21(24(28)25-6-2)26(15-14-20-10-8-7-9-11-20)23(27)17-29-22-16-18(3)12-13-19(22)4/h7-13,16,21H,5-6,14-15,17H2,1-4H3,(H,25,28)/t21-/m1/s1. The van der Waals surface area contributed by atoms with Crippen molar-refractivity contribution in [2.75, 3.05) is 19.7 Å². The number of nitrogens with one attached hydrogen (secondary N) is 1. The Morgan fingerprint density at radius 3 is 2.45 bits per heavy atom. The number of amides is 2. The number of nitrogens with zero attached hydrogens (tertiary/aromatic N) is 1. The number of hydrogen-bond donors (Lipinski definition) is 1. The summed E-state index contributed by atoms with van der Waals surface area (Å²) in [5.41, 5.74) is 3.19. The summed E-state index contributed by atoms with van der Waals surface area (Å²) in [5, 5.41) is 2.85. The van der Waals surface area contributed by atoms with Crippen LogP contribution in [-0.4, -0.2) is 42.5 Å². The van der Waals surface area contributed by atoms with Gasteiger partial charge >= 0.3 is 0 Å². The van der Waals surface area contributed by atoms with Crippen LogP contribution in [0, 0.1) is 13.8 Å². The van der Waals surface area contributed by atoms with Gasteiger partial charge in [0, 0.05) is 13.1 Å². The fraction of sp³-hybridized carbons (Fsp3) is 0.417. The summed E-state index contributed by atoms with van der Waals surface area (Å²) in [6.07, 6.45) is 1.24. The molecule has 0 saturated heterocycles. The normalized spacial score (nSPS) is 11.6. The van der Waals surface area contributed by atoms with Gasteiger partial charge in [0.15, 0.2) is 6.61 Å². The summed E-state index contributed by atoms with van der Waals surface area (Å²) >= 11 is 0. The van der Waals surface area contributed by atoms with Crippen LogP contribution in [0.4, 0.5) is 0 Å². The first kappa shape index (κ1) is 22.5. The lowest BCUT2D eigenvalue weighted by molar-refractivity contribution is -0.142. The quantitative estimate of drug-likeness (QED) is 0.667. The van der Waals surface area contributed by atoms with E-state index in [1.807, 2.05) is 76.2 Å². The molecule has 0 spiro atoms. The molecule has 2 aromatic carbocycles. The van der Waals surface area contributed by atoms with Crippen LogP contribution in [-0.2, 0) is 16.0 Å². The lowest BCUT2D eigenvalue weighted by Crippen LogP contribution is -2.51. The third-order valence-electron chi connectivity index (χ3n) is 4.92. The number of carbonyl (C=O) groups is 2. The second-order valence-corrected chi connectivity index (χ2v) is 7.20. The van der Waals surface area contributed by atoms with Gasteiger partial charge in [-0.3, -0.25) is 9.59 Å². The molecule has 0 aromatic heterocycles. The minimum absolute atomic E-state index is 0.0883. The van der Waals surface area contributed by atoms with Gasteiger partial charge in [0.05, 0.1) is 0 Å². The fourth-order valence-corrected chi connectivity index (χ4v) is 3.27. The van der Waals surface area contributed by atoms with Crippen molar-refractivity contribution in [2.24, 2.45) is 0 Å². The van der Waals surface area contributed by atoms with E-state index < -0.39 is 6.04 Å². The Balaban J connectivity index is 2.14. The Morgan fingerprint density at radius 1 is 1.07 bits per heavy atom. The molecule has 0 fully saturated rings. The predicted molar refractivity (Wildman–Crippen MR) is 116 cm³/mol. The maximum atomic E-state index is 13.1. The van der Waals surface area contributed by atoms with Crippen molar-refractivity contribution >= 4 is 11.8 Å². The molecule has 2 aromatic rings. The number of carbonyl (C=O) groups excluding carboxylic acids is 2. The van der Waals surface area contributed by atoms with Crippen LogP contribution >= 0.6 is 0 Å². The van der Waals surface area contributed by atoms with E-state index in [4.69, 9.17) is 4.74 Å². The maximum Gasteiger partial charge on any atom is 0.261 e. The van der Waals surface area contributed by atoms with Crippen LogP contribution < -0.4 is 10.1 Å². The van der Waals surface area contributed by atoms with Crippen LogP contribution in [0.1, 0.15) is 37.0 Å². The van der Waals surface area contributed by atoms with Crippen molar-refractivity contribution in [2.45, 2.75) is 46.6 Å². The van der Waals surface area contributed by atoms with E-state index in [1.54, 1.807) is 4.90 Å². The van der Waals surface area contributed by atoms with E-state index in [0.29, 0.717) is 31.7 Å². The van der Waals surface area contributed by atoms with E-state index in [0.717, 1.165) is 16.7 Å². The van der Waals surface area contributed by atoms with Crippen LogP contribution in [0.25, 0.3) is 0 Å². The summed E-state index contributed by atoms with van der Waals surface area (Å²) < 4.78 is 5.82. The van der Waals surface area contributed by atoms with Crippen molar-refractivity contribution in [3.05, 3.63) is 65.2 Å². The van der Waals surface area contributed by atoms with Gasteiger partial charge in [0.2, 0.25) is 5.91 Å². The van der Waals surface area contributed by atoms with Gasteiger partial charge in [-0.15, -0.1) is 0 Å². The summed E-state index contributed by atoms with van der Waals surface area (Å²) in [4.78, 5) is 27.3. The second-order valence-electron chi connectivity index (χ2n) is 7.20. The van der Waals surface area contributed by atoms with Crippen LogP contribution in [0.15, 0.2) is 48.5 Å². The molecular weight excluding hydrogens is 364 g/mol. The van der Waals surface area contributed by atoms with Gasteiger partial charge in [0.1, 0.15) is 11.8 Å². The monoisotopic (exact) mass is 396 g/mol. The third-order valence-corrected chi connectivity index (χ3v) is 4.92. The topological polar surface area (TPSA) is 58.6 Å². The molecule has 0 aliphatic carbocycles. The number of hydrogen-bond acceptors (Lipinski definition) is 3. The van der Waals surface area contributed by atoms with Gasteiger partial charge in [-0.1, -0.05) is 49.4 Å². The Labute approximate surface area is 174 Å². The largest absolute Gasteiger partial charge is 0.483 e. The SMILES string of the molecule is CCNC(=O)[C@@H](CC)N(CCc1ccccc1)C(=O)COc1cc(C)ccc1C. The highest BCUT2D eigenvalue weighted by Crippen LogP contribution is 2.19. The molecule has 5 nitrogen and oxygen atoms in total. The predicted octanol–water partition coefficient (Wildman–Crippen LogP) is 3.67. The molecule has 0 aliphatic heterocycles. The molecule has 1 atom stereocenters. The molecule has 29 heavy (non-hydrogen) atoms. The van der Waals surface area contributed by atoms with E-state index >= 15 is 0 Å². The molecule has 1 N–H and O–H groups in total. The smallest absolute Gasteiger partial charge is 0.261 e. The van der Waals surface area contributed by atoms with Gasteiger partial charge < -0.3 is 15.0 Å². The van der Waals surface area contributed by atoms with Crippen molar-refractivity contribution < 1.29 is 14.3 Å². The zero-order chi connectivity index (χ0) is 21.2. The first-order valence-electron chi connectivity index (χ1n) is 10.3. The molecule has 2 amide bonds. The van der Waals surface area contributed by atoms with E-state index in [2.05, 4.69) is 5.32 Å². The zero-order valence-electron chi connectivity index (χ0n) is 17.9. The summed E-state index contributed by atoms with van der Waals surface area (Å²) in [5.74, 6) is 0.399. The molecule has 0 heterocycles. The number of rotatable bonds is 10.